The van der Waals surface area contributed by atoms with Gasteiger partial charge in [0.1, 0.15) is 5.75 Å². The molecule has 0 spiro atoms. The molecule has 1 aromatic rings. The van der Waals surface area contributed by atoms with Crippen molar-refractivity contribution in [1.29, 1.82) is 0 Å². The highest BCUT2D eigenvalue weighted by molar-refractivity contribution is 5.80. The van der Waals surface area contributed by atoms with Crippen molar-refractivity contribution in [2.24, 2.45) is 23.5 Å². The van der Waals surface area contributed by atoms with Crippen LogP contribution >= 0.6 is 0 Å². The topological polar surface area (TPSA) is 55.6 Å². The lowest BCUT2D eigenvalue weighted by Crippen LogP contribution is -2.28. The molecule has 4 heteroatoms. The van der Waals surface area contributed by atoms with E-state index in [1.807, 2.05) is 12.1 Å². The van der Waals surface area contributed by atoms with Gasteiger partial charge in [-0.2, -0.15) is 0 Å². The Hall–Kier alpha value is -1.55. The third-order valence-corrected chi connectivity index (χ3v) is 4.16. The molecule has 2 N–H and O–H groups in total. The normalized spacial score (nSPS) is 29.9. The third kappa shape index (κ3) is 1.97. The Labute approximate surface area is 107 Å². The smallest absolute Gasteiger partial charge is 0.221 e. The number of nitrogens with two attached hydrogens (primary N) is 1. The number of likely N-dealkylation sites (tertiary alicyclic amines) is 1. The van der Waals surface area contributed by atoms with E-state index in [1.54, 1.807) is 7.11 Å². The molecule has 0 radical (unpaired) electrons. The first-order valence-electron chi connectivity index (χ1n) is 6.33. The van der Waals surface area contributed by atoms with Gasteiger partial charge in [-0.05, 0) is 29.5 Å². The van der Waals surface area contributed by atoms with Crippen LogP contribution in [-0.2, 0) is 11.3 Å². The average molecular weight is 246 g/mol. The van der Waals surface area contributed by atoms with Crippen LogP contribution in [-0.4, -0.2) is 31.0 Å². The lowest BCUT2D eigenvalue weighted by molar-refractivity contribution is -0.120. The van der Waals surface area contributed by atoms with Gasteiger partial charge in [-0.25, -0.2) is 0 Å². The SMILES string of the molecule is COc1ccc(CN2CC3C(C2)C3C(N)=O)cc1. The number of piperidine rings is 1. The summed E-state index contributed by atoms with van der Waals surface area (Å²) in [5, 5.41) is 0. The molecular weight excluding hydrogens is 228 g/mol. The average Bonchev–Trinajstić information content (AvgIpc) is 2.89. The van der Waals surface area contributed by atoms with E-state index in [9.17, 15) is 4.79 Å². The molecule has 18 heavy (non-hydrogen) atoms. The van der Waals surface area contributed by atoms with Gasteiger partial charge in [0.25, 0.3) is 0 Å². The van der Waals surface area contributed by atoms with Crippen LogP contribution in [0.15, 0.2) is 24.3 Å². The van der Waals surface area contributed by atoms with Crippen LogP contribution in [0.5, 0.6) is 5.75 Å². The van der Waals surface area contributed by atoms with Crippen molar-refractivity contribution in [3.63, 3.8) is 0 Å². The van der Waals surface area contributed by atoms with Crippen LogP contribution in [0.4, 0.5) is 0 Å². The maximum Gasteiger partial charge on any atom is 0.221 e. The number of fused-ring (bicyclic) bond motifs is 1. The zero-order chi connectivity index (χ0) is 12.7. The van der Waals surface area contributed by atoms with Crippen molar-refractivity contribution in [1.82, 2.24) is 4.90 Å². The maximum atomic E-state index is 11.1. The second-order valence-electron chi connectivity index (χ2n) is 5.30. The second kappa shape index (κ2) is 4.28. The summed E-state index contributed by atoms with van der Waals surface area (Å²) in [6.07, 6.45) is 0. The molecule has 1 aliphatic heterocycles. The van der Waals surface area contributed by atoms with Crippen LogP contribution in [0, 0.1) is 17.8 Å². The zero-order valence-corrected chi connectivity index (χ0v) is 10.5. The van der Waals surface area contributed by atoms with Crippen molar-refractivity contribution in [2.45, 2.75) is 6.54 Å². The minimum absolute atomic E-state index is 0.117. The summed E-state index contributed by atoms with van der Waals surface area (Å²) < 4.78 is 5.14. The standard InChI is InChI=1S/C14H18N2O2/c1-18-10-4-2-9(3-5-10)6-16-7-11-12(8-16)13(11)14(15)17/h2-5,11-13H,6-8H2,1H3,(H2,15,17). The number of amides is 1. The van der Waals surface area contributed by atoms with E-state index >= 15 is 0 Å². The molecule has 96 valence electrons. The Morgan fingerprint density at radius 1 is 1.33 bits per heavy atom. The first-order chi connectivity index (χ1) is 8.69. The van der Waals surface area contributed by atoms with Crippen molar-refractivity contribution < 1.29 is 9.53 Å². The molecule has 2 aliphatic rings. The number of carbonyl (C=O) groups is 1. The first-order valence-corrected chi connectivity index (χ1v) is 6.33. The highest BCUT2D eigenvalue weighted by Gasteiger charge is 2.58. The molecule has 1 aromatic carbocycles. The quantitative estimate of drug-likeness (QED) is 0.857. The predicted molar refractivity (Wildman–Crippen MR) is 67.9 cm³/mol. The van der Waals surface area contributed by atoms with Gasteiger partial charge in [-0.15, -0.1) is 0 Å². The lowest BCUT2D eigenvalue weighted by Gasteiger charge is -2.18. The highest BCUT2D eigenvalue weighted by atomic mass is 16.5. The maximum absolute atomic E-state index is 11.1. The van der Waals surface area contributed by atoms with E-state index in [1.165, 1.54) is 5.56 Å². The van der Waals surface area contributed by atoms with Gasteiger partial charge in [0.05, 0.1) is 7.11 Å². The largest absolute Gasteiger partial charge is 0.497 e. The highest BCUT2D eigenvalue weighted by Crippen LogP contribution is 2.51. The molecule has 0 aromatic heterocycles. The number of hydrogen-bond donors (Lipinski definition) is 1. The molecule has 2 fully saturated rings. The van der Waals surface area contributed by atoms with Crippen molar-refractivity contribution in [3.05, 3.63) is 29.8 Å². The molecule has 1 saturated heterocycles. The summed E-state index contributed by atoms with van der Waals surface area (Å²) in [6, 6.07) is 8.15. The zero-order valence-electron chi connectivity index (χ0n) is 10.5. The third-order valence-electron chi connectivity index (χ3n) is 4.16. The fourth-order valence-electron chi connectivity index (χ4n) is 3.15. The summed E-state index contributed by atoms with van der Waals surface area (Å²) in [4.78, 5) is 13.5. The number of benzene rings is 1. The number of rotatable bonds is 4. The Balaban J connectivity index is 1.55. The van der Waals surface area contributed by atoms with E-state index in [2.05, 4.69) is 17.0 Å². The van der Waals surface area contributed by atoms with Crippen LogP contribution in [0.1, 0.15) is 5.56 Å². The number of carbonyl (C=O) groups excluding carboxylic acids is 1. The Kier molecular flexibility index (Phi) is 2.74. The predicted octanol–water partition coefficient (Wildman–Crippen LogP) is 0.858. The molecule has 1 heterocycles. The number of hydrogen-bond acceptors (Lipinski definition) is 3. The summed E-state index contributed by atoms with van der Waals surface area (Å²) >= 11 is 0. The first kappa shape index (κ1) is 11.5. The van der Waals surface area contributed by atoms with Crippen molar-refractivity contribution >= 4 is 5.91 Å². The Morgan fingerprint density at radius 2 is 1.94 bits per heavy atom. The van der Waals surface area contributed by atoms with Crippen LogP contribution < -0.4 is 10.5 Å². The van der Waals surface area contributed by atoms with Gasteiger partial charge in [-0.1, -0.05) is 12.1 Å². The van der Waals surface area contributed by atoms with Gasteiger partial charge in [0.15, 0.2) is 0 Å². The molecule has 2 unspecified atom stereocenters. The van der Waals surface area contributed by atoms with E-state index < -0.39 is 0 Å². The van der Waals surface area contributed by atoms with Gasteiger partial charge in [0.2, 0.25) is 5.91 Å². The van der Waals surface area contributed by atoms with Crippen LogP contribution in [0.2, 0.25) is 0 Å². The number of methoxy groups -OCH3 is 1. The fraction of sp³-hybridized carbons (Fsp3) is 0.500. The number of ether oxygens (including phenoxy) is 1. The molecule has 2 atom stereocenters. The summed E-state index contributed by atoms with van der Waals surface area (Å²) in [6.45, 7) is 2.96. The number of primary amides is 1. The lowest BCUT2D eigenvalue weighted by atomic mass is 10.2. The van der Waals surface area contributed by atoms with Crippen molar-refractivity contribution in [2.75, 3.05) is 20.2 Å². The monoisotopic (exact) mass is 246 g/mol. The molecule has 0 bridgehead atoms. The van der Waals surface area contributed by atoms with Gasteiger partial charge in [0, 0.05) is 25.6 Å². The molecule has 1 saturated carbocycles. The molecular formula is C14H18N2O2. The van der Waals surface area contributed by atoms with Gasteiger partial charge >= 0.3 is 0 Å². The summed E-state index contributed by atoms with van der Waals surface area (Å²) in [5.41, 5.74) is 6.63. The van der Waals surface area contributed by atoms with E-state index in [-0.39, 0.29) is 11.8 Å². The van der Waals surface area contributed by atoms with Crippen LogP contribution in [0.25, 0.3) is 0 Å². The minimum atomic E-state index is -0.117. The van der Waals surface area contributed by atoms with Gasteiger partial charge in [-0.3, -0.25) is 9.69 Å². The van der Waals surface area contributed by atoms with E-state index in [0.29, 0.717) is 11.8 Å². The minimum Gasteiger partial charge on any atom is -0.497 e. The summed E-state index contributed by atoms with van der Waals surface area (Å²) in [5.74, 6) is 1.95. The molecule has 1 aliphatic carbocycles. The number of nitrogens with zero attached hydrogens (tertiary/aromatic N) is 1. The van der Waals surface area contributed by atoms with Gasteiger partial charge < -0.3 is 10.5 Å². The molecule has 1 amide bonds. The molecule has 3 rings (SSSR count). The summed E-state index contributed by atoms with van der Waals surface area (Å²) in [7, 11) is 1.67. The second-order valence-corrected chi connectivity index (χ2v) is 5.30. The van der Waals surface area contributed by atoms with E-state index in [0.717, 1.165) is 25.4 Å². The Bertz CT molecular complexity index is 445. The van der Waals surface area contributed by atoms with Crippen LogP contribution in [0.3, 0.4) is 0 Å². The molecule has 4 nitrogen and oxygen atoms in total. The van der Waals surface area contributed by atoms with E-state index in [4.69, 9.17) is 10.5 Å². The Morgan fingerprint density at radius 3 is 2.44 bits per heavy atom. The van der Waals surface area contributed by atoms with Crippen molar-refractivity contribution in [3.8, 4) is 5.75 Å². The fourth-order valence-corrected chi connectivity index (χ4v) is 3.15.